The summed E-state index contributed by atoms with van der Waals surface area (Å²) in [5.41, 5.74) is 3.88. The number of urea groups is 1. The summed E-state index contributed by atoms with van der Waals surface area (Å²) in [4.78, 5) is 12.6. The minimum Gasteiger partial charge on any atom is -0.337 e. The van der Waals surface area contributed by atoms with Crippen LogP contribution in [0.4, 0.5) is 10.5 Å². The SMILES string of the molecule is CCN(CCC(CNC(=O)Nc1cc(Cl)cc(Cl)c1)c1ccc(-c2cccc(C#N)c2)cc1)S(C)(=O)=O. The summed E-state index contributed by atoms with van der Waals surface area (Å²) in [5, 5.41) is 15.6. The van der Waals surface area contributed by atoms with Crippen molar-refractivity contribution in [2.45, 2.75) is 19.3 Å². The highest BCUT2D eigenvalue weighted by molar-refractivity contribution is 7.88. The van der Waals surface area contributed by atoms with Crippen LogP contribution in [0.15, 0.2) is 66.7 Å². The minimum atomic E-state index is -3.34. The molecule has 2 N–H and O–H groups in total. The average Bonchev–Trinajstić information content (AvgIpc) is 2.85. The first-order valence-corrected chi connectivity index (χ1v) is 14.3. The predicted molar refractivity (Wildman–Crippen MR) is 150 cm³/mol. The Bertz CT molecular complexity index is 1370. The number of anilines is 1. The van der Waals surface area contributed by atoms with Gasteiger partial charge in [0.05, 0.1) is 17.9 Å². The van der Waals surface area contributed by atoms with Crippen LogP contribution < -0.4 is 10.6 Å². The van der Waals surface area contributed by atoms with Gasteiger partial charge in [0, 0.05) is 41.3 Å². The number of nitrogens with zero attached hydrogens (tertiary/aromatic N) is 2. The monoisotopic (exact) mass is 558 g/mol. The lowest BCUT2D eigenvalue weighted by molar-refractivity contribution is 0.251. The van der Waals surface area contributed by atoms with Crippen molar-refractivity contribution in [1.29, 1.82) is 5.26 Å². The molecule has 1 atom stereocenters. The summed E-state index contributed by atoms with van der Waals surface area (Å²) in [6.45, 7) is 2.76. The lowest BCUT2D eigenvalue weighted by Crippen LogP contribution is -2.35. The first-order chi connectivity index (χ1) is 17.6. The normalized spacial score (nSPS) is 12.1. The van der Waals surface area contributed by atoms with Crippen LogP contribution in [-0.4, -0.2) is 44.6 Å². The van der Waals surface area contributed by atoms with Crippen molar-refractivity contribution < 1.29 is 13.2 Å². The molecule has 1 unspecified atom stereocenters. The van der Waals surface area contributed by atoms with Gasteiger partial charge in [-0.1, -0.05) is 66.5 Å². The number of hydrogen-bond donors (Lipinski definition) is 2. The van der Waals surface area contributed by atoms with Gasteiger partial charge in [0.15, 0.2) is 0 Å². The van der Waals surface area contributed by atoms with Crippen LogP contribution in [0.25, 0.3) is 11.1 Å². The van der Waals surface area contributed by atoms with Crippen molar-refractivity contribution in [3.05, 3.63) is 87.9 Å². The first kappa shape index (κ1) is 28.5. The zero-order valence-corrected chi connectivity index (χ0v) is 22.9. The molecule has 0 saturated carbocycles. The number of rotatable bonds is 10. The zero-order chi connectivity index (χ0) is 27.0. The van der Waals surface area contributed by atoms with E-state index in [1.54, 1.807) is 31.2 Å². The summed E-state index contributed by atoms with van der Waals surface area (Å²) in [6, 6.07) is 21.7. The molecule has 3 aromatic carbocycles. The smallest absolute Gasteiger partial charge is 0.319 e. The highest BCUT2D eigenvalue weighted by atomic mass is 35.5. The summed E-state index contributed by atoms with van der Waals surface area (Å²) >= 11 is 12.0. The van der Waals surface area contributed by atoms with Gasteiger partial charge in [-0.25, -0.2) is 17.5 Å². The summed E-state index contributed by atoms with van der Waals surface area (Å²) in [6.07, 6.45) is 1.70. The Hall–Kier alpha value is -3.09. The fraction of sp³-hybridized carbons (Fsp3) is 0.259. The van der Waals surface area contributed by atoms with Gasteiger partial charge >= 0.3 is 6.03 Å². The molecule has 0 saturated heterocycles. The fourth-order valence-electron chi connectivity index (χ4n) is 3.98. The molecule has 7 nitrogen and oxygen atoms in total. The molecular formula is C27H28Cl2N4O3S. The van der Waals surface area contributed by atoms with Crippen LogP contribution in [0.2, 0.25) is 10.0 Å². The van der Waals surface area contributed by atoms with E-state index in [-0.39, 0.29) is 12.5 Å². The van der Waals surface area contributed by atoms with Crippen LogP contribution >= 0.6 is 23.2 Å². The van der Waals surface area contributed by atoms with Crippen LogP contribution in [0.1, 0.15) is 30.4 Å². The Morgan fingerprint density at radius 2 is 1.70 bits per heavy atom. The molecule has 0 aliphatic heterocycles. The molecule has 0 fully saturated rings. The number of halogens is 2. The summed E-state index contributed by atoms with van der Waals surface area (Å²) < 4.78 is 25.6. The second kappa shape index (κ2) is 12.9. The topological polar surface area (TPSA) is 102 Å². The third-order valence-corrected chi connectivity index (χ3v) is 7.70. The number of nitrogens with one attached hydrogen (secondary N) is 2. The lowest BCUT2D eigenvalue weighted by Gasteiger charge is -2.23. The number of benzene rings is 3. The van der Waals surface area contributed by atoms with Crippen LogP contribution in [0.5, 0.6) is 0 Å². The Morgan fingerprint density at radius 3 is 2.30 bits per heavy atom. The Kier molecular flexibility index (Phi) is 9.95. The molecule has 3 aromatic rings. The number of nitriles is 1. The molecule has 0 aliphatic rings. The van der Waals surface area contributed by atoms with Gasteiger partial charge < -0.3 is 10.6 Å². The third-order valence-electron chi connectivity index (χ3n) is 5.89. The van der Waals surface area contributed by atoms with Gasteiger partial charge in [-0.3, -0.25) is 0 Å². The van der Waals surface area contributed by atoms with Crippen molar-refractivity contribution in [2.24, 2.45) is 0 Å². The maximum atomic E-state index is 12.6. The zero-order valence-electron chi connectivity index (χ0n) is 20.5. The Morgan fingerprint density at radius 1 is 1.03 bits per heavy atom. The van der Waals surface area contributed by atoms with E-state index in [1.165, 1.54) is 10.6 Å². The van der Waals surface area contributed by atoms with Crippen molar-refractivity contribution in [2.75, 3.05) is 31.2 Å². The fourth-order valence-corrected chi connectivity index (χ4v) is 5.41. The van der Waals surface area contributed by atoms with Crippen molar-refractivity contribution >= 4 is 44.9 Å². The first-order valence-electron chi connectivity index (χ1n) is 11.7. The van der Waals surface area contributed by atoms with Crippen LogP contribution in [0, 0.1) is 11.3 Å². The molecule has 10 heteroatoms. The number of sulfonamides is 1. The largest absolute Gasteiger partial charge is 0.337 e. The van der Waals surface area contributed by atoms with Crippen molar-refractivity contribution in [3.63, 3.8) is 0 Å². The number of hydrogen-bond acceptors (Lipinski definition) is 4. The molecule has 37 heavy (non-hydrogen) atoms. The lowest BCUT2D eigenvalue weighted by atomic mass is 9.93. The van der Waals surface area contributed by atoms with Gasteiger partial charge in [-0.05, 0) is 53.4 Å². The van der Waals surface area contributed by atoms with Gasteiger partial charge in [-0.2, -0.15) is 5.26 Å². The molecule has 0 aliphatic carbocycles. The van der Waals surface area contributed by atoms with Gasteiger partial charge in [0.1, 0.15) is 0 Å². The number of amides is 2. The minimum absolute atomic E-state index is 0.149. The van der Waals surface area contributed by atoms with E-state index in [0.717, 1.165) is 16.7 Å². The van der Waals surface area contributed by atoms with E-state index in [9.17, 15) is 18.5 Å². The third kappa shape index (κ3) is 8.48. The van der Waals surface area contributed by atoms with Crippen LogP contribution in [0.3, 0.4) is 0 Å². The summed E-state index contributed by atoms with van der Waals surface area (Å²) in [7, 11) is -3.34. The molecule has 2 amide bonds. The van der Waals surface area contributed by atoms with Gasteiger partial charge in [-0.15, -0.1) is 0 Å². The maximum Gasteiger partial charge on any atom is 0.319 e. The van der Waals surface area contributed by atoms with E-state index < -0.39 is 16.1 Å². The van der Waals surface area contributed by atoms with E-state index in [1.807, 2.05) is 42.5 Å². The van der Waals surface area contributed by atoms with E-state index >= 15 is 0 Å². The molecule has 0 radical (unpaired) electrons. The number of carbonyl (C=O) groups is 1. The average molecular weight is 560 g/mol. The molecule has 0 spiro atoms. The van der Waals surface area contributed by atoms with Gasteiger partial charge in [0.2, 0.25) is 10.0 Å². The highest BCUT2D eigenvalue weighted by Crippen LogP contribution is 2.26. The molecule has 0 aromatic heterocycles. The predicted octanol–water partition coefficient (Wildman–Crippen LogP) is 6.11. The molecule has 194 valence electrons. The highest BCUT2D eigenvalue weighted by Gasteiger charge is 2.19. The van der Waals surface area contributed by atoms with Gasteiger partial charge in [0.25, 0.3) is 0 Å². The van der Waals surface area contributed by atoms with E-state index in [0.29, 0.717) is 40.8 Å². The van der Waals surface area contributed by atoms with Crippen LogP contribution in [-0.2, 0) is 10.0 Å². The standard InChI is InChI=1S/C27H28Cl2N4O3S/c1-3-33(37(2,35)36)12-11-23(18-31-27(34)32-26-15-24(28)14-25(29)16-26)21-9-7-20(8-10-21)22-6-4-5-19(13-22)17-30/h4-10,13-16,23H,3,11-12,18H2,1-2H3,(H2,31,32,34). The molecule has 0 bridgehead atoms. The van der Waals surface area contributed by atoms with Crippen molar-refractivity contribution in [1.82, 2.24) is 9.62 Å². The van der Waals surface area contributed by atoms with Crippen molar-refractivity contribution in [3.8, 4) is 17.2 Å². The quantitative estimate of drug-likeness (QED) is 0.313. The molecular weight excluding hydrogens is 531 g/mol. The second-order valence-corrected chi connectivity index (χ2v) is 11.4. The second-order valence-electron chi connectivity index (χ2n) is 8.55. The summed E-state index contributed by atoms with van der Waals surface area (Å²) in [5.74, 6) is -0.149. The molecule has 0 heterocycles. The number of carbonyl (C=O) groups excluding carboxylic acids is 1. The maximum absolute atomic E-state index is 12.6. The molecule has 3 rings (SSSR count). The Labute approximate surface area is 228 Å². The van der Waals surface area contributed by atoms with E-state index in [4.69, 9.17) is 23.2 Å². The van der Waals surface area contributed by atoms with E-state index in [2.05, 4.69) is 16.7 Å². The Balaban J connectivity index is 1.77.